The van der Waals surface area contributed by atoms with Gasteiger partial charge in [0.15, 0.2) is 5.82 Å². The average molecular weight is 661 g/mol. The summed E-state index contributed by atoms with van der Waals surface area (Å²) in [5.41, 5.74) is 10.3. The monoisotopic (exact) mass is 660 g/mol. The van der Waals surface area contributed by atoms with Crippen LogP contribution in [0.25, 0.3) is 110 Å². The number of fused-ring (bicyclic) bond motifs is 13. The summed E-state index contributed by atoms with van der Waals surface area (Å²) in [6.45, 7) is 0. The maximum absolute atomic E-state index is 5.10. The van der Waals surface area contributed by atoms with Crippen LogP contribution >= 0.6 is 0 Å². The van der Waals surface area contributed by atoms with Crippen LogP contribution < -0.4 is 0 Å². The summed E-state index contributed by atoms with van der Waals surface area (Å²) in [6.07, 6.45) is 0. The Balaban J connectivity index is 1.19. The third-order valence-electron chi connectivity index (χ3n) is 11.1. The lowest BCUT2D eigenvalue weighted by atomic mass is 10.00. The molecule has 4 nitrogen and oxygen atoms in total. The first kappa shape index (κ1) is 27.7. The van der Waals surface area contributed by atoms with Crippen LogP contribution in [0, 0.1) is 0 Å². The van der Waals surface area contributed by atoms with Gasteiger partial charge in [0, 0.05) is 54.0 Å². The first-order valence-corrected chi connectivity index (χ1v) is 17.8. The summed E-state index contributed by atoms with van der Waals surface area (Å²) in [4.78, 5) is 0. The summed E-state index contributed by atoms with van der Waals surface area (Å²) in [6, 6.07) is 61.1. The van der Waals surface area contributed by atoms with Gasteiger partial charge in [0.25, 0.3) is 0 Å². The number of para-hydroxylation sites is 2. The van der Waals surface area contributed by atoms with Crippen molar-refractivity contribution in [3.63, 3.8) is 0 Å². The first-order valence-electron chi connectivity index (χ1n) is 17.8. The van der Waals surface area contributed by atoms with Crippen LogP contribution in [0.3, 0.4) is 0 Å². The highest BCUT2D eigenvalue weighted by atomic mass is 15.2. The fraction of sp³-hybridized carbons (Fsp3) is 0. The van der Waals surface area contributed by atoms with Gasteiger partial charge < -0.3 is 4.40 Å². The quantitative estimate of drug-likeness (QED) is 0.189. The number of rotatable bonds is 3. The molecule has 0 aliphatic carbocycles. The van der Waals surface area contributed by atoms with E-state index in [1.54, 1.807) is 0 Å². The van der Waals surface area contributed by atoms with Gasteiger partial charge in [0.1, 0.15) is 5.69 Å². The van der Waals surface area contributed by atoms with Crippen LogP contribution in [-0.2, 0) is 0 Å². The minimum absolute atomic E-state index is 0.832. The molecule has 0 unspecified atom stereocenters. The summed E-state index contributed by atoms with van der Waals surface area (Å²) in [7, 11) is 0. The van der Waals surface area contributed by atoms with Gasteiger partial charge in [-0.15, -0.1) is 10.2 Å². The molecule has 0 atom stereocenters. The molecule has 8 aromatic carbocycles. The smallest absolute Gasteiger partial charge is 0.168 e. The molecule has 0 aliphatic rings. The standard InChI is InChI=1S/C48H28N4/c1-2-12-29(13-3-1)30-22-24-32(25-23-30)45-35-17-6-7-18-36(35)48(50-49-45)51-41-21-11-9-19-37(41)43-42(51)28-39-34-16-8-10-20-40(34)52-46-33-15-5-4-14-31(33)26-27-38(46)44(43)47(39)52/h1-28H. The summed E-state index contributed by atoms with van der Waals surface area (Å²) < 4.78 is 4.86. The maximum atomic E-state index is 5.10. The Morgan fingerprint density at radius 3 is 1.81 bits per heavy atom. The molecule has 0 bridgehead atoms. The Hall–Kier alpha value is -7.04. The molecule has 12 aromatic rings. The molecule has 0 saturated carbocycles. The SMILES string of the molecule is c1ccc(-c2ccc(-c3nnc(-n4c5ccccc5c5c6c7ccc8ccccc8c7n7c8ccccc8c(cc54)c67)c4ccccc34)cc2)cc1. The molecule has 0 N–H and O–H groups in total. The zero-order valence-corrected chi connectivity index (χ0v) is 28.0. The molecular formula is C48H28N4. The van der Waals surface area contributed by atoms with E-state index >= 15 is 0 Å². The van der Waals surface area contributed by atoms with Crippen LogP contribution in [0.15, 0.2) is 170 Å². The Kier molecular flexibility index (Phi) is 5.47. The van der Waals surface area contributed by atoms with Crippen molar-refractivity contribution >= 4 is 81.4 Å². The van der Waals surface area contributed by atoms with Crippen molar-refractivity contribution in [1.82, 2.24) is 19.2 Å². The van der Waals surface area contributed by atoms with E-state index in [9.17, 15) is 0 Å². The highest BCUT2D eigenvalue weighted by Gasteiger charge is 2.26. The molecule has 240 valence electrons. The highest BCUT2D eigenvalue weighted by Crippen LogP contribution is 2.48. The van der Waals surface area contributed by atoms with E-state index in [-0.39, 0.29) is 0 Å². The lowest BCUT2D eigenvalue weighted by Crippen LogP contribution is -2.02. The summed E-state index contributed by atoms with van der Waals surface area (Å²) in [5.74, 6) is 0.832. The molecule has 52 heavy (non-hydrogen) atoms. The molecule has 0 fully saturated rings. The van der Waals surface area contributed by atoms with Crippen molar-refractivity contribution in [2.24, 2.45) is 0 Å². The third-order valence-corrected chi connectivity index (χ3v) is 11.1. The van der Waals surface area contributed by atoms with E-state index in [0.717, 1.165) is 38.9 Å². The summed E-state index contributed by atoms with van der Waals surface area (Å²) in [5, 5.41) is 22.2. The van der Waals surface area contributed by atoms with E-state index < -0.39 is 0 Å². The number of benzene rings is 8. The van der Waals surface area contributed by atoms with E-state index in [2.05, 4.69) is 173 Å². The van der Waals surface area contributed by atoms with Crippen LogP contribution in [-0.4, -0.2) is 19.2 Å². The lowest BCUT2D eigenvalue weighted by Gasteiger charge is -2.13. The van der Waals surface area contributed by atoms with Crippen LogP contribution in [0.1, 0.15) is 0 Å². The first-order chi connectivity index (χ1) is 25.8. The fourth-order valence-corrected chi connectivity index (χ4v) is 8.91. The van der Waals surface area contributed by atoms with Gasteiger partial charge >= 0.3 is 0 Å². The zero-order chi connectivity index (χ0) is 33.9. The molecule has 12 rings (SSSR count). The Morgan fingerprint density at radius 2 is 0.981 bits per heavy atom. The molecule has 0 radical (unpaired) electrons. The Labute approximate surface area is 297 Å². The predicted molar refractivity (Wildman–Crippen MR) is 217 cm³/mol. The van der Waals surface area contributed by atoms with Crippen molar-refractivity contribution in [2.45, 2.75) is 0 Å². The van der Waals surface area contributed by atoms with Crippen molar-refractivity contribution < 1.29 is 0 Å². The zero-order valence-electron chi connectivity index (χ0n) is 28.0. The molecule has 4 aromatic heterocycles. The molecular weight excluding hydrogens is 633 g/mol. The van der Waals surface area contributed by atoms with Gasteiger partial charge in [-0.2, -0.15) is 0 Å². The number of aromatic nitrogens is 4. The minimum atomic E-state index is 0.832. The highest BCUT2D eigenvalue weighted by molar-refractivity contribution is 6.37. The van der Waals surface area contributed by atoms with Crippen molar-refractivity contribution in [2.75, 3.05) is 0 Å². The molecule has 0 spiro atoms. The van der Waals surface area contributed by atoms with Crippen LogP contribution in [0.4, 0.5) is 0 Å². The van der Waals surface area contributed by atoms with E-state index in [1.807, 2.05) is 6.07 Å². The van der Waals surface area contributed by atoms with Gasteiger partial charge in [-0.3, -0.25) is 4.57 Å². The second kappa shape index (κ2) is 10.3. The molecule has 0 aliphatic heterocycles. The molecule has 4 heteroatoms. The number of hydrogen-bond acceptors (Lipinski definition) is 2. The average Bonchev–Trinajstić information content (AvgIpc) is 3.85. The van der Waals surface area contributed by atoms with E-state index in [0.29, 0.717) is 0 Å². The Morgan fingerprint density at radius 1 is 0.346 bits per heavy atom. The van der Waals surface area contributed by atoms with Crippen molar-refractivity contribution in [3.05, 3.63) is 170 Å². The number of hydrogen-bond donors (Lipinski definition) is 0. The molecule has 0 amide bonds. The summed E-state index contributed by atoms with van der Waals surface area (Å²) >= 11 is 0. The predicted octanol–water partition coefficient (Wildman–Crippen LogP) is 12.4. The van der Waals surface area contributed by atoms with Gasteiger partial charge in [0.05, 0.1) is 27.6 Å². The van der Waals surface area contributed by atoms with Gasteiger partial charge in [-0.25, -0.2) is 0 Å². The van der Waals surface area contributed by atoms with Crippen molar-refractivity contribution in [1.29, 1.82) is 0 Å². The largest absolute Gasteiger partial charge is 0.307 e. The second-order valence-electron chi connectivity index (χ2n) is 13.8. The van der Waals surface area contributed by atoms with E-state index in [4.69, 9.17) is 10.2 Å². The second-order valence-corrected chi connectivity index (χ2v) is 13.8. The van der Waals surface area contributed by atoms with E-state index in [1.165, 1.54) is 70.8 Å². The van der Waals surface area contributed by atoms with Crippen LogP contribution in [0.2, 0.25) is 0 Å². The van der Waals surface area contributed by atoms with Gasteiger partial charge in [0.2, 0.25) is 0 Å². The lowest BCUT2D eigenvalue weighted by molar-refractivity contribution is 0.977. The Bertz CT molecular complexity index is 3390. The minimum Gasteiger partial charge on any atom is -0.307 e. The number of nitrogens with zero attached hydrogens (tertiary/aromatic N) is 4. The molecule has 4 heterocycles. The normalized spacial score (nSPS) is 12.2. The van der Waals surface area contributed by atoms with Gasteiger partial charge in [-0.1, -0.05) is 152 Å². The van der Waals surface area contributed by atoms with Crippen molar-refractivity contribution in [3.8, 4) is 28.2 Å². The van der Waals surface area contributed by atoms with Gasteiger partial charge in [-0.05, 0) is 34.7 Å². The fourth-order valence-electron chi connectivity index (χ4n) is 8.91. The third kappa shape index (κ3) is 3.60. The molecule has 0 saturated heterocycles. The maximum Gasteiger partial charge on any atom is 0.168 e. The van der Waals surface area contributed by atoms with Crippen LogP contribution in [0.5, 0.6) is 0 Å². The topological polar surface area (TPSA) is 35.1 Å².